The van der Waals surface area contributed by atoms with Crippen molar-refractivity contribution in [3.8, 4) is 5.75 Å². The van der Waals surface area contributed by atoms with Crippen molar-refractivity contribution in [2.45, 2.75) is 37.4 Å². The number of halogens is 3. The van der Waals surface area contributed by atoms with E-state index in [1.807, 2.05) is 13.8 Å². The van der Waals surface area contributed by atoms with Crippen LogP contribution in [0.25, 0.3) is 6.08 Å². The number of aliphatic carboxylic acids is 1. The standard InChI is InChI=1S/C26H24F3NO5S.Na.H/c1-17(2)21-5-3-4-6-24(21)36(33,34)30-22-13-12-20(26(27,28)29)15-23(22)35-16-19-9-7-18(8-10-19)11-14-25(31)32;;/h3-15,17,30H,16H2,1-2H3,(H,31,32);;/q;+1;-1/b14-11+;;. The number of alkyl halides is 3. The fourth-order valence-corrected chi connectivity index (χ4v) is 4.80. The van der Waals surface area contributed by atoms with E-state index >= 15 is 0 Å². The van der Waals surface area contributed by atoms with Gasteiger partial charge in [-0.2, -0.15) is 13.2 Å². The third-order valence-corrected chi connectivity index (χ3v) is 6.62. The van der Waals surface area contributed by atoms with Gasteiger partial charge in [-0.15, -0.1) is 0 Å². The van der Waals surface area contributed by atoms with E-state index in [1.165, 1.54) is 12.1 Å². The largest absolute Gasteiger partial charge is 1.00 e. The topological polar surface area (TPSA) is 92.7 Å². The summed E-state index contributed by atoms with van der Waals surface area (Å²) in [6.07, 6.45) is -2.29. The van der Waals surface area contributed by atoms with E-state index in [2.05, 4.69) is 4.72 Å². The van der Waals surface area contributed by atoms with Crippen LogP contribution in [0, 0.1) is 0 Å². The van der Waals surface area contributed by atoms with Gasteiger partial charge in [-0.25, -0.2) is 13.2 Å². The first-order valence-electron chi connectivity index (χ1n) is 10.8. The van der Waals surface area contributed by atoms with Gasteiger partial charge in [0.05, 0.1) is 16.1 Å². The van der Waals surface area contributed by atoms with Crippen LogP contribution in [0.2, 0.25) is 0 Å². The maximum absolute atomic E-state index is 13.3. The average molecular weight is 544 g/mol. The van der Waals surface area contributed by atoms with Crippen LogP contribution in [0.5, 0.6) is 5.75 Å². The summed E-state index contributed by atoms with van der Waals surface area (Å²) in [6.45, 7) is 3.52. The van der Waals surface area contributed by atoms with Gasteiger partial charge >= 0.3 is 41.7 Å². The second-order valence-electron chi connectivity index (χ2n) is 8.21. The molecule has 0 heterocycles. The molecule has 0 spiro atoms. The Morgan fingerprint density at radius 2 is 1.73 bits per heavy atom. The van der Waals surface area contributed by atoms with E-state index in [0.29, 0.717) is 16.7 Å². The molecule has 0 aliphatic carbocycles. The fourth-order valence-electron chi connectivity index (χ4n) is 3.36. The van der Waals surface area contributed by atoms with E-state index in [-0.39, 0.29) is 59.8 Å². The number of hydrogen-bond donors (Lipinski definition) is 2. The molecule has 0 unspecified atom stereocenters. The third-order valence-electron chi connectivity index (χ3n) is 5.18. The fraction of sp³-hybridized carbons (Fsp3) is 0.192. The van der Waals surface area contributed by atoms with Gasteiger partial charge in [-0.05, 0) is 52.9 Å². The van der Waals surface area contributed by atoms with E-state index in [9.17, 15) is 26.4 Å². The molecular formula is C26H25F3NNaO5S. The number of benzene rings is 3. The van der Waals surface area contributed by atoms with Crippen molar-refractivity contribution in [3.05, 3.63) is 95.1 Å². The number of carboxylic acid groups (broad SMARTS) is 1. The SMILES string of the molecule is CC(C)c1ccccc1S(=O)(=O)Nc1ccc(C(F)(F)F)cc1OCc1ccc(/C=C/C(=O)O)cc1.[H-].[Na+]. The number of rotatable bonds is 9. The molecule has 0 fully saturated rings. The quantitative estimate of drug-likeness (QED) is 0.319. The van der Waals surface area contributed by atoms with Crippen molar-refractivity contribution < 1.29 is 67.2 Å². The predicted octanol–water partition coefficient (Wildman–Crippen LogP) is 3.42. The van der Waals surface area contributed by atoms with E-state index in [4.69, 9.17) is 9.84 Å². The van der Waals surface area contributed by atoms with Crippen molar-refractivity contribution in [3.63, 3.8) is 0 Å². The number of ether oxygens (including phenoxy) is 1. The summed E-state index contributed by atoms with van der Waals surface area (Å²) >= 11 is 0. The molecule has 2 N–H and O–H groups in total. The Balaban J connectivity index is 0.00000361. The van der Waals surface area contributed by atoms with Crippen molar-refractivity contribution in [2.24, 2.45) is 0 Å². The molecule has 0 aliphatic heterocycles. The molecule has 3 aromatic carbocycles. The molecule has 0 aliphatic rings. The zero-order valence-corrected chi connectivity index (χ0v) is 23.2. The van der Waals surface area contributed by atoms with Crippen molar-refractivity contribution in [2.75, 3.05) is 4.72 Å². The van der Waals surface area contributed by atoms with Gasteiger partial charge in [0.2, 0.25) is 0 Å². The van der Waals surface area contributed by atoms with Gasteiger partial charge in [-0.3, -0.25) is 4.72 Å². The summed E-state index contributed by atoms with van der Waals surface area (Å²) in [6, 6.07) is 15.4. The van der Waals surface area contributed by atoms with Gasteiger partial charge in [0, 0.05) is 6.08 Å². The molecule has 3 aromatic rings. The maximum atomic E-state index is 13.3. The molecule has 37 heavy (non-hydrogen) atoms. The molecule has 0 amide bonds. The Morgan fingerprint density at radius 3 is 2.32 bits per heavy atom. The first kappa shape index (κ1) is 30.4. The number of hydrogen-bond acceptors (Lipinski definition) is 4. The number of carbonyl (C=O) groups is 1. The second kappa shape index (κ2) is 12.6. The summed E-state index contributed by atoms with van der Waals surface area (Å²) in [4.78, 5) is 10.7. The van der Waals surface area contributed by atoms with Gasteiger partial charge in [0.1, 0.15) is 12.4 Å². The number of anilines is 1. The third kappa shape index (κ3) is 8.36. The monoisotopic (exact) mass is 543 g/mol. The van der Waals surface area contributed by atoms with E-state index in [1.54, 1.807) is 42.5 Å². The van der Waals surface area contributed by atoms with Crippen LogP contribution in [0.15, 0.2) is 77.7 Å². The van der Waals surface area contributed by atoms with Crippen LogP contribution in [0.4, 0.5) is 18.9 Å². The Bertz CT molecular complexity index is 1380. The predicted molar refractivity (Wildman–Crippen MR) is 131 cm³/mol. The Hall–Kier alpha value is -2.79. The summed E-state index contributed by atoms with van der Waals surface area (Å²) < 4.78 is 74.3. The molecule has 0 aromatic heterocycles. The van der Waals surface area contributed by atoms with Gasteiger partial charge in [0.25, 0.3) is 10.0 Å². The second-order valence-corrected chi connectivity index (χ2v) is 9.86. The molecule has 192 valence electrons. The van der Waals surface area contributed by atoms with Crippen LogP contribution in [0.1, 0.15) is 43.4 Å². The number of sulfonamides is 1. The molecule has 6 nitrogen and oxygen atoms in total. The molecule has 11 heteroatoms. The van der Waals surface area contributed by atoms with Crippen molar-refractivity contribution in [1.82, 2.24) is 0 Å². The first-order chi connectivity index (χ1) is 16.9. The van der Waals surface area contributed by atoms with Crippen molar-refractivity contribution in [1.29, 1.82) is 0 Å². The van der Waals surface area contributed by atoms with Crippen LogP contribution >= 0.6 is 0 Å². The number of carboxylic acids is 1. The molecular weight excluding hydrogens is 518 g/mol. The Labute approximate surface area is 237 Å². The van der Waals surface area contributed by atoms with Crippen LogP contribution in [-0.4, -0.2) is 19.5 Å². The Morgan fingerprint density at radius 1 is 1.08 bits per heavy atom. The summed E-state index contributed by atoms with van der Waals surface area (Å²) in [5.41, 5.74) is 0.632. The molecule has 0 radical (unpaired) electrons. The van der Waals surface area contributed by atoms with Crippen molar-refractivity contribution >= 4 is 27.8 Å². The minimum Gasteiger partial charge on any atom is -1.00 e. The molecule has 0 saturated carbocycles. The summed E-state index contributed by atoms with van der Waals surface area (Å²) in [5, 5.41) is 8.71. The zero-order valence-electron chi connectivity index (χ0n) is 21.4. The van der Waals surface area contributed by atoms with Gasteiger partial charge < -0.3 is 11.3 Å². The minimum atomic E-state index is -4.65. The molecule has 0 saturated heterocycles. The smallest absolute Gasteiger partial charge is 1.00 e. The molecule has 3 rings (SSSR count). The van der Waals surface area contributed by atoms with Gasteiger partial charge in [-0.1, -0.05) is 56.3 Å². The maximum Gasteiger partial charge on any atom is 1.00 e. The minimum absolute atomic E-state index is 0. The van der Waals surface area contributed by atoms with Gasteiger partial charge in [0.15, 0.2) is 0 Å². The summed E-state index contributed by atoms with van der Waals surface area (Å²) in [7, 11) is -4.13. The normalized spacial score (nSPS) is 11.8. The van der Waals surface area contributed by atoms with Crippen LogP contribution in [-0.2, 0) is 27.6 Å². The summed E-state index contributed by atoms with van der Waals surface area (Å²) in [5.74, 6) is -1.49. The van der Waals surface area contributed by atoms with E-state index in [0.717, 1.165) is 24.3 Å². The first-order valence-corrected chi connectivity index (χ1v) is 12.3. The average Bonchev–Trinajstić information content (AvgIpc) is 2.81. The van der Waals surface area contributed by atoms with Crippen LogP contribution in [0.3, 0.4) is 0 Å². The molecule has 0 atom stereocenters. The Kier molecular flexibility index (Phi) is 10.4. The number of nitrogens with one attached hydrogen (secondary N) is 1. The van der Waals surface area contributed by atoms with Crippen LogP contribution < -0.4 is 39.0 Å². The van der Waals surface area contributed by atoms with E-state index < -0.39 is 27.7 Å². The molecule has 0 bridgehead atoms. The zero-order chi connectivity index (χ0) is 26.5.